The molecule has 0 aliphatic heterocycles. The fourth-order valence-corrected chi connectivity index (χ4v) is 2.77. The lowest BCUT2D eigenvalue weighted by Crippen LogP contribution is -2.12. The van der Waals surface area contributed by atoms with Crippen LogP contribution in [0.5, 0.6) is 0 Å². The molecule has 3 rings (SSSR count). The molecule has 100 valence electrons. The molecule has 4 nitrogen and oxygen atoms in total. The van der Waals surface area contributed by atoms with E-state index in [-0.39, 0.29) is 16.1 Å². The first-order valence-electron chi connectivity index (χ1n) is 5.61. The minimum absolute atomic E-state index is 0.170. The fraction of sp³-hybridized carbons (Fsp3) is 0. The normalized spacial score (nSPS) is 10.7. The Kier molecular flexibility index (Phi) is 3.56. The van der Waals surface area contributed by atoms with E-state index < -0.39 is 0 Å². The van der Waals surface area contributed by atoms with Crippen LogP contribution >= 0.6 is 34.5 Å². The van der Waals surface area contributed by atoms with Gasteiger partial charge in [-0.2, -0.15) is 0 Å². The van der Waals surface area contributed by atoms with Gasteiger partial charge < -0.3 is 0 Å². The van der Waals surface area contributed by atoms with Gasteiger partial charge in [0.15, 0.2) is 5.13 Å². The molecule has 3 aromatic rings. The minimum atomic E-state index is -0.324. The number of hydrogen-bond acceptors (Lipinski definition) is 4. The smallest absolute Gasteiger partial charge is 0.259 e. The topological polar surface area (TPSA) is 54.9 Å². The summed E-state index contributed by atoms with van der Waals surface area (Å²) in [4.78, 5) is 20.2. The van der Waals surface area contributed by atoms with Crippen molar-refractivity contribution in [3.05, 3.63) is 52.3 Å². The zero-order valence-corrected chi connectivity index (χ0v) is 12.3. The van der Waals surface area contributed by atoms with Crippen molar-refractivity contribution < 1.29 is 4.79 Å². The van der Waals surface area contributed by atoms with Gasteiger partial charge in [-0.15, -0.1) is 0 Å². The van der Waals surface area contributed by atoms with E-state index in [0.717, 1.165) is 10.2 Å². The van der Waals surface area contributed by atoms with E-state index in [4.69, 9.17) is 23.2 Å². The third-order valence-corrected chi connectivity index (χ3v) is 4.21. The highest BCUT2D eigenvalue weighted by Crippen LogP contribution is 2.26. The quantitative estimate of drug-likeness (QED) is 0.717. The fourth-order valence-electron chi connectivity index (χ4n) is 1.64. The van der Waals surface area contributed by atoms with Gasteiger partial charge >= 0.3 is 0 Å². The molecule has 2 heterocycles. The molecular formula is C13H7Cl2N3OS. The van der Waals surface area contributed by atoms with Gasteiger partial charge in [-0.1, -0.05) is 46.7 Å². The van der Waals surface area contributed by atoms with Gasteiger partial charge in [0.05, 0.1) is 20.8 Å². The van der Waals surface area contributed by atoms with Crippen molar-refractivity contribution in [2.24, 2.45) is 0 Å². The Labute approximate surface area is 128 Å². The zero-order valence-electron chi connectivity index (χ0n) is 9.93. The molecule has 1 amide bonds. The number of fused-ring (bicyclic) bond motifs is 1. The molecule has 1 aromatic carbocycles. The van der Waals surface area contributed by atoms with Crippen LogP contribution in [0.1, 0.15) is 10.4 Å². The van der Waals surface area contributed by atoms with Gasteiger partial charge in [0.2, 0.25) is 0 Å². The number of carbonyl (C=O) groups excluding carboxylic acids is 1. The maximum Gasteiger partial charge on any atom is 0.259 e. The van der Waals surface area contributed by atoms with Gasteiger partial charge in [-0.25, -0.2) is 9.97 Å². The SMILES string of the molecule is O=C(Nc1nc2ccccc2s1)c1cnc(Cl)c(Cl)c1. The van der Waals surface area contributed by atoms with E-state index >= 15 is 0 Å². The average Bonchev–Trinajstić information content (AvgIpc) is 2.83. The maximum absolute atomic E-state index is 12.1. The molecule has 0 aliphatic rings. The molecule has 0 atom stereocenters. The van der Waals surface area contributed by atoms with Crippen LogP contribution in [0.4, 0.5) is 5.13 Å². The van der Waals surface area contributed by atoms with E-state index in [2.05, 4.69) is 15.3 Å². The molecule has 0 bridgehead atoms. The first kappa shape index (κ1) is 13.3. The zero-order chi connectivity index (χ0) is 14.1. The molecule has 0 fully saturated rings. The molecular weight excluding hydrogens is 317 g/mol. The maximum atomic E-state index is 12.1. The number of nitrogens with one attached hydrogen (secondary N) is 1. The molecule has 0 aliphatic carbocycles. The number of carbonyl (C=O) groups is 1. The first-order chi connectivity index (χ1) is 9.63. The van der Waals surface area contributed by atoms with Crippen LogP contribution in [0.15, 0.2) is 36.5 Å². The van der Waals surface area contributed by atoms with Gasteiger partial charge in [0.25, 0.3) is 5.91 Å². The summed E-state index contributed by atoms with van der Waals surface area (Å²) < 4.78 is 1.01. The number of aromatic nitrogens is 2. The highest BCUT2D eigenvalue weighted by atomic mass is 35.5. The molecule has 0 radical (unpaired) electrons. The highest BCUT2D eigenvalue weighted by Gasteiger charge is 2.11. The van der Waals surface area contributed by atoms with Crippen molar-refractivity contribution in [3.63, 3.8) is 0 Å². The van der Waals surface area contributed by atoms with E-state index in [1.807, 2.05) is 24.3 Å². The van der Waals surface area contributed by atoms with Gasteiger partial charge in [0.1, 0.15) is 5.15 Å². The molecule has 0 unspecified atom stereocenters. The van der Waals surface area contributed by atoms with Crippen LogP contribution in [-0.4, -0.2) is 15.9 Å². The van der Waals surface area contributed by atoms with E-state index in [1.54, 1.807) is 0 Å². The van der Waals surface area contributed by atoms with Crippen LogP contribution < -0.4 is 5.32 Å². The first-order valence-corrected chi connectivity index (χ1v) is 7.19. The highest BCUT2D eigenvalue weighted by molar-refractivity contribution is 7.22. The van der Waals surface area contributed by atoms with Crippen molar-refractivity contribution >= 4 is 55.8 Å². The lowest BCUT2D eigenvalue weighted by atomic mass is 10.3. The molecule has 1 N–H and O–H groups in total. The molecule has 2 aromatic heterocycles. The number of anilines is 1. The van der Waals surface area contributed by atoms with Crippen molar-refractivity contribution in [3.8, 4) is 0 Å². The summed E-state index contributed by atoms with van der Waals surface area (Å²) >= 11 is 13.0. The minimum Gasteiger partial charge on any atom is -0.298 e. The van der Waals surface area contributed by atoms with Crippen LogP contribution in [0, 0.1) is 0 Å². The van der Waals surface area contributed by atoms with Gasteiger partial charge in [-0.3, -0.25) is 10.1 Å². The predicted molar refractivity (Wildman–Crippen MR) is 81.8 cm³/mol. The standard InChI is InChI=1S/C13H7Cl2N3OS/c14-8-5-7(6-16-11(8)15)12(19)18-13-17-9-3-1-2-4-10(9)20-13/h1-6H,(H,17,18,19). The molecule has 0 saturated heterocycles. The lowest BCUT2D eigenvalue weighted by Gasteiger charge is -2.02. The number of thiazole rings is 1. The number of rotatable bonds is 2. The average molecular weight is 324 g/mol. The Morgan fingerprint density at radius 1 is 1.25 bits per heavy atom. The molecule has 0 saturated carbocycles. The number of pyridine rings is 1. The van der Waals surface area contributed by atoms with E-state index in [0.29, 0.717) is 10.7 Å². The second kappa shape index (κ2) is 5.36. The van der Waals surface area contributed by atoms with Crippen LogP contribution in [0.2, 0.25) is 10.2 Å². The summed E-state index contributed by atoms with van der Waals surface area (Å²) in [5.41, 5.74) is 1.18. The van der Waals surface area contributed by atoms with Crippen molar-refractivity contribution in [2.75, 3.05) is 5.32 Å². The third kappa shape index (κ3) is 2.60. The summed E-state index contributed by atoms with van der Waals surface area (Å²) in [6, 6.07) is 9.14. The number of nitrogens with zero attached hydrogens (tertiary/aromatic N) is 2. The van der Waals surface area contributed by atoms with Crippen LogP contribution in [0.25, 0.3) is 10.2 Å². The van der Waals surface area contributed by atoms with E-state index in [1.165, 1.54) is 23.6 Å². The molecule has 7 heteroatoms. The second-order valence-corrected chi connectivity index (χ2v) is 5.73. The Hall–Kier alpha value is -1.69. The summed E-state index contributed by atoms with van der Waals surface area (Å²) in [7, 11) is 0. The second-order valence-electron chi connectivity index (χ2n) is 3.94. The summed E-state index contributed by atoms with van der Waals surface area (Å²) in [5, 5.41) is 3.66. The number of hydrogen-bond donors (Lipinski definition) is 1. The van der Waals surface area contributed by atoms with Gasteiger partial charge in [0, 0.05) is 6.20 Å². The summed E-state index contributed by atoms with van der Waals surface area (Å²) in [6.07, 6.45) is 1.37. The van der Waals surface area contributed by atoms with Crippen molar-refractivity contribution in [1.82, 2.24) is 9.97 Å². The molecule has 0 spiro atoms. The number of amides is 1. The summed E-state index contributed by atoms with van der Waals surface area (Å²) in [5.74, 6) is -0.324. The largest absolute Gasteiger partial charge is 0.298 e. The van der Waals surface area contributed by atoms with Crippen LogP contribution in [0.3, 0.4) is 0 Å². The number of halogens is 2. The Balaban J connectivity index is 1.86. The number of para-hydroxylation sites is 1. The predicted octanol–water partition coefficient (Wildman–Crippen LogP) is 4.25. The number of benzene rings is 1. The van der Waals surface area contributed by atoms with Gasteiger partial charge in [-0.05, 0) is 18.2 Å². The Bertz CT molecular complexity index is 770. The van der Waals surface area contributed by atoms with E-state index in [9.17, 15) is 4.79 Å². The van der Waals surface area contributed by atoms with Crippen molar-refractivity contribution in [2.45, 2.75) is 0 Å². The van der Waals surface area contributed by atoms with Crippen molar-refractivity contribution in [1.29, 1.82) is 0 Å². The Morgan fingerprint density at radius 2 is 2.05 bits per heavy atom. The summed E-state index contributed by atoms with van der Waals surface area (Å²) in [6.45, 7) is 0. The van der Waals surface area contributed by atoms with Crippen LogP contribution in [-0.2, 0) is 0 Å². The molecule has 20 heavy (non-hydrogen) atoms. The monoisotopic (exact) mass is 323 g/mol. The Morgan fingerprint density at radius 3 is 2.80 bits per heavy atom. The third-order valence-electron chi connectivity index (χ3n) is 2.57. The lowest BCUT2D eigenvalue weighted by molar-refractivity contribution is 0.102.